The molecule has 5 aromatic carbocycles. The molecule has 0 N–H and O–H groups in total. The SMILES string of the molecule is COc1ccc(N(C)C(=O)c2ccc3nc4c5ccccc5c5ccccc5c4nc3c2)cc1. The molecule has 0 atom stereocenters. The number of aromatic nitrogens is 2. The molecular weight excluding hydrogens is 422 g/mol. The lowest BCUT2D eigenvalue weighted by atomic mass is 9.99. The zero-order chi connectivity index (χ0) is 23.2. The predicted octanol–water partition coefficient (Wildman–Crippen LogP) is 6.37. The summed E-state index contributed by atoms with van der Waals surface area (Å²) in [5.41, 5.74) is 4.52. The molecule has 0 spiro atoms. The van der Waals surface area contributed by atoms with Gasteiger partial charge in [0.2, 0.25) is 0 Å². The molecule has 0 radical (unpaired) electrons. The molecule has 164 valence electrons. The Morgan fingerprint density at radius 3 is 1.85 bits per heavy atom. The summed E-state index contributed by atoms with van der Waals surface area (Å²) >= 11 is 0. The summed E-state index contributed by atoms with van der Waals surface area (Å²) in [6, 6.07) is 29.5. The predicted molar refractivity (Wildman–Crippen MR) is 138 cm³/mol. The molecule has 0 saturated heterocycles. The second kappa shape index (κ2) is 7.81. The van der Waals surface area contributed by atoms with Gasteiger partial charge in [-0.15, -0.1) is 0 Å². The van der Waals surface area contributed by atoms with Crippen LogP contribution in [0.2, 0.25) is 0 Å². The average Bonchev–Trinajstić information content (AvgIpc) is 2.91. The second-order valence-electron chi connectivity index (χ2n) is 8.28. The molecule has 34 heavy (non-hydrogen) atoms. The zero-order valence-electron chi connectivity index (χ0n) is 18.8. The Morgan fingerprint density at radius 2 is 1.26 bits per heavy atom. The van der Waals surface area contributed by atoms with Crippen LogP contribution in [0.1, 0.15) is 10.4 Å². The largest absolute Gasteiger partial charge is 0.497 e. The molecule has 1 heterocycles. The van der Waals surface area contributed by atoms with Crippen molar-refractivity contribution in [2.24, 2.45) is 0 Å². The monoisotopic (exact) mass is 443 g/mol. The number of carbonyl (C=O) groups is 1. The smallest absolute Gasteiger partial charge is 0.258 e. The van der Waals surface area contributed by atoms with Crippen LogP contribution in [0, 0.1) is 0 Å². The van der Waals surface area contributed by atoms with Crippen molar-refractivity contribution in [3.63, 3.8) is 0 Å². The summed E-state index contributed by atoms with van der Waals surface area (Å²) in [7, 11) is 3.38. The number of carbonyl (C=O) groups excluding carboxylic acids is 1. The third-order valence-corrected chi connectivity index (χ3v) is 6.33. The van der Waals surface area contributed by atoms with E-state index in [0.29, 0.717) is 11.1 Å². The van der Waals surface area contributed by atoms with E-state index in [-0.39, 0.29) is 5.91 Å². The number of anilines is 1. The minimum absolute atomic E-state index is 0.114. The second-order valence-corrected chi connectivity index (χ2v) is 8.28. The highest BCUT2D eigenvalue weighted by atomic mass is 16.5. The van der Waals surface area contributed by atoms with Crippen molar-refractivity contribution in [3.8, 4) is 5.75 Å². The number of hydrogen-bond acceptors (Lipinski definition) is 4. The van der Waals surface area contributed by atoms with Gasteiger partial charge in [0.05, 0.1) is 29.2 Å². The number of nitrogens with zero attached hydrogens (tertiary/aromatic N) is 3. The molecule has 0 aliphatic rings. The summed E-state index contributed by atoms with van der Waals surface area (Å²) in [5.74, 6) is 0.634. The number of fused-ring (bicyclic) bond motifs is 7. The van der Waals surface area contributed by atoms with E-state index in [4.69, 9.17) is 14.7 Å². The highest BCUT2D eigenvalue weighted by Gasteiger charge is 2.16. The Morgan fingerprint density at radius 1 is 0.706 bits per heavy atom. The van der Waals surface area contributed by atoms with E-state index < -0.39 is 0 Å². The fourth-order valence-corrected chi connectivity index (χ4v) is 4.53. The van der Waals surface area contributed by atoms with Crippen LogP contribution >= 0.6 is 0 Å². The summed E-state index contributed by atoms with van der Waals surface area (Å²) in [6.07, 6.45) is 0. The Hall–Kier alpha value is -4.51. The number of ether oxygens (including phenoxy) is 1. The van der Waals surface area contributed by atoms with Gasteiger partial charge in [-0.05, 0) is 53.2 Å². The van der Waals surface area contributed by atoms with Crippen LogP contribution in [0.5, 0.6) is 5.75 Å². The Balaban J connectivity index is 1.51. The minimum Gasteiger partial charge on any atom is -0.497 e. The van der Waals surface area contributed by atoms with Gasteiger partial charge >= 0.3 is 0 Å². The zero-order valence-corrected chi connectivity index (χ0v) is 18.8. The van der Waals surface area contributed by atoms with Crippen molar-refractivity contribution in [2.45, 2.75) is 0 Å². The third kappa shape index (κ3) is 3.13. The van der Waals surface area contributed by atoms with Gasteiger partial charge < -0.3 is 9.64 Å². The van der Waals surface area contributed by atoms with Crippen LogP contribution in [-0.2, 0) is 0 Å². The topological polar surface area (TPSA) is 55.3 Å². The summed E-state index contributed by atoms with van der Waals surface area (Å²) in [4.78, 5) is 24.8. The first-order valence-electron chi connectivity index (χ1n) is 11.1. The van der Waals surface area contributed by atoms with E-state index in [9.17, 15) is 4.79 Å². The summed E-state index contributed by atoms with van der Waals surface area (Å²) in [6.45, 7) is 0. The van der Waals surface area contributed by atoms with Crippen LogP contribution in [-0.4, -0.2) is 30.0 Å². The van der Waals surface area contributed by atoms with Gasteiger partial charge in [-0.25, -0.2) is 9.97 Å². The van der Waals surface area contributed by atoms with Gasteiger partial charge in [-0.2, -0.15) is 0 Å². The molecule has 0 saturated carbocycles. The van der Waals surface area contributed by atoms with Crippen LogP contribution in [0.25, 0.3) is 43.6 Å². The van der Waals surface area contributed by atoms with Gasteiger partial charge in [-0.1, -0.05) is 48.5 Å². The maximum atomic E-state index is 13.2. The van der Waals surface area contributed by atoms with Crippen molar-refractivity contribution in [3.05, 3.63) is 96.6 Å². The first kappa shape index (κ1) is 20.1. The van der Waals surface area contributed by atoms with Crippen molar-refractivity contribution in [2.75, 3.05) is 19.1 Å². The molecular formula is C29H21N3O2. The van der Waals surface area contributed by atoms with Crippen LogP contribution < -0.4 is 9.64 Å². The third-order valence-electron chi connectivity index (χ3n) is 6.33. The Labute approximate surface area is 196 Å². The van der Waals surface area contributed by atoms with Gasteiger partial charge in [0, 0.05) is 29.1 Å². The molecule has 0 unspecified atom stereocenters. The van der Waals surface area contributed by atoms with Crippen molar-refractivity contribution < 1.29 is 9.53 Å². The number of amides is 1. The molecule has 5 heteroatoms. The van der Waals surface area contributed by atoms with Gasteiger partial charge in [0.1, 0.15) is 5.75 Å². The highest BCUT2D eigenvalue weighted by Crippen LogP contribution is 2.34. The lowest BCUT2D eigenvalue weighted by Crippen LogP contribution is -2.26. The molecule has 0 aliphatic heterocycles. The van der Waals surface area contributed by atoms with Crippen molar-refractivity contribution in [1.82, 2.24) is 9.97 Å². The maximum absolute atomic E-state index is 13.2. The Kier molecular flexibility index (Phi) is 4.62. The van der Waals surface area contributed by atoms with Gasteiger partial charge in [0.25, 0.3) is 5.91 Å². The van der Waals surface area contributed by atoms with E-state index in [1.807, 2.05) is 66.7 Å². The average molecular weight is 444 g/mol. The first-order chi connectivity index (χ1) is 16.6. The molecule has 6 aromatic rings. The minimum atomic E-state index is -0.114. The fraction of sp³-hybridized carbons (Fsp3) is 0.0690. The van der Waals surface area contributed by atoms with E-state index in [0.717, 1.165) is 49.5 Å². The lowest BCUT2D eigenvalue weighted by Gasteiger charge is -2.18. The van der Waals surface area contributed by atoms with E-state index >= 15 is 0 Å². The van der Waals surface area contributed by atoms with Gasteiger partial charge in [0.15, 0.2) is 0 Å². The molecule has 0 aliphatic carbocycles. The van der Waals surface area contributed by atoms with Crippen molar-refractivity contribution in [1.29, 1.82) is 0 Å². The van der Waals surface area contributed by atoms with Crippen LogP contribution in [0.3, 0.4) is 0 Å². The van der Waals surface area contributed by atoms with Gasteiger partial charge in [-0.3, -0.25) is 4.79 Å². The number of methoxy groups -OCH3 is 1. The van der Waals surface area contributed by atoms with Crippen LogP contribution in [0.15, 0.2) is 91.0 Å². The fourth-order valence-electron chi connectivity index (χ4n) is 4.53. The summed E-state index contributed by atoms with van der Waals surface area (Å²) in [5, 5.41) is 4.43. The molecule has 1 amide bonds. The number of hydrogen-bond donors (Lipinski definition) is 0. The quantitative estimate of drug-likeness (QED) is 0.235. The standard InChI is InChI=1S/C29H21N3O2/c1-32(19-12-14-20(34-2)15-13-19)29(33)18-11-16-25-26(17-18)31-28-24-10-6-4-8-22(24)21-7-3-5-9-23(21)27(28)30-25/h3-17H,1-2H3. The molecule has 0 bridgehead atoms. The summed E-state index contributed by atoms with van der Waals surface area (Å²) < 4.78 is 5.22. The molecule has 5 nitrogen and oxygen atoms in total. The first-order valence-corrected chi connectivity index (χ1v) is 11.1. The van der Waals surface area contributed by atoms with E-state index in [1.54, 1.807) is 19.1 Å². The lowest BCUT2D eigenvalue weighted by molar-refractivity contribution is 0.0993. The number of rotatable bonds is 3. The molecule has 1 aromatic heterocycles. The van der Waals surface area contributed by atoms with Crippen molar-refractivity contribution >= 4 is 55.2 Å². The number of benzene rings is 5. The van der Waals surface area contributed by atoms with E-state index in [2.05, 4.69) is 24.3 Å². The van der Waals surface area contributed by atoms with Crippen LogP contribution in [0.4, 0.5) is 5.69 Å². The normalized spacial score (nSPS) is 11.4. The highest BCUT2D eigenvalue weighted by molar-refractivity contribution is 6.23. The molecule has 0 fully saturated rings. The Bertz CT molecular complexity index is 1730. The maximum Gasteiger partial charge on any atom is 0.258 e. The van der Waals surface area contributed by atoms with E-state index in [1.165, 1.54) is 0 Å². The molecule has 6 rings (SSSR count).